The Morgan fingerprint density at radius 3 is 2.81 bits per heavy atom. The lowest BCUT2D eigenvalue weighted by Gasteiger charge is -2.07. The van der Waals surface area contributed by atoms with Gasteiger partial charge in [-0.15, -0.1) is 0 Å². The molecular formula is C23H26N6O3. The Morgan fingerprint density at radius 2 is 2.00 bits per heavy atom. The summed E-state index contributed by atoms with van der Waals surface area (Å²) < 4.78 is 3.53. The van der Waals surface area contributed by atoms with Gasteiger partial charge in [-0.05, 0) is 30.5 Å². The SMILES string of the molecule is Cn1cc(NC(=O)c2ccc3nc4n(c3c2)CCCNC4=O)nc1C(=O)CC1CCCC1. The molecule has 0 unspecified atom stereocenters. The molecule has 0 bridgehead atoms. The van der Waals surface area contributed by atoms with E-state index >= 15 is 0 Å². The van der Waals surface area contributed by atoms with Crippen LogP contribution in [0.5, 0.6) is 0 Å². The lowest BCUT2D eigenvalue weighted by Crippen LogP contribution is -2.23. The molecule has 0 atom stereocenters. The molecule has 9 nitrogen and oxygen atoms in total. The summed E-state index contributed by atoms with van der Waals surface area (Å²) in [5.41, 5.74) is 1.86. The third kappa shape index (κ3) is 3.79. The van der Waals surface area contributed by atoms with Crippen molar-refractivity contribution in [2.24, 2.45) is 13.0 Å². The van der Waals surface area contributed by atoms with Gasteiger partial charge in [0.05, 0.1) is 11.0 Å². The molecule has 1 saturated carbocycles. The molecule has 3 heterocycles. The molecule has 0 radical (unpaired) electrons. The van der Waals surface area contributed by atoms with Crippen molar-refractivity contribution in [1.29, 1.82) is 0 Å². The van der Waals surface area contributed by atoms with Gasteiger partial charge in [-0.3, -0.25) is 14.4 Å². The molecule has 1 aliphatic carbocycles. The molecule has 2 aliphatic rings. The Labute approximate surface area is 185 Å². The van der Waals surface area contributed by atoms with Crippen molar-refractivity contribution in [1.82, 2.24) is 24.4 Å². The van der Waals surface area contributed by atoms with Crippen LogP contribution in [0.4, 0.5) is 5.82 Å². The molecule has 5 rings (SSSR count). The van der Waals surface area contributed by atoms with Gasteiger partial charge in [0.2, 0.25) is 0 Å². The Bertz CT molecular complexity index is 1220. The Morgan fingerprint density at radius 1 is 1.19 bits per heavy atom. The van der Waals surface area contributed by atoms with Crippen LogP contribution in [0.25, 0.3) is 11.0 Å². The number of aryl methyl sites for hydroxylation is 2. The number of rotatable bonds is 5. The highest BCUT2D eigenvalue weighted by Crippen LogP contribution is 2.29. The van der Waals surface area contributed by atoms with E-state index in [1.54, 1.807) is 36.0 Å². The summed E-state index contributed by atoms with van der Waals surface area (Å²) in [5.74, 6) is 1.01. The maximum atomic E-state index is 12.9. The zero-order valence-electron chi connectivity index (χ0n) is 18.1. The number of amides is 2. The lowest BCUT2D eigenvalue weighted by atomic mass is 10.0. The minimum absolute atomic E-state index is 0.0153. The summed E-state index contributed by atoms with van der Waals surface area (Å²) in [5, 5.41) is 5.63. The van der Waals surface area contributed by atoms with Crippen LogP contribution in [0.2, 0.25) is 0 Å². The maximum absolute atomic E-state index is 12.9. The average molecular weight is 435 g/mol. The van der Waals surface area contributed by atoms with Crippen LogP contribution in [0, 0.1) is 5.92 Å². The van der Waals surface area contributed by atoms with E-state index in [1.807, 2.05) is 4.57 Å². The van der Waals surface area contributed by atoms with Crippen molar-refractivity contribution in [3.63, 3.8) is 0 Å². The average Bonchev–Trinajstić information content (AvgIpc) is 3.47. The second kappa shape index (κ2) is 8.22. The van der Waals surface area contributed by atoms with Crippen LogP contribution >= 0.6 is 0 Å². The first kappa shape index (κ1) is 20.4. The van der Waals surface area contributed by atoms with Gasteiger partial charge >= 0.3 is 0 Å². The molecule has 1 aliphatic heterocycles. The minimum atomic E-state index is -0.326. The van der Waals surface area contributed by atoms with Crippen molar-refractivity contribution < 1.29 is 14.4 Å². The Kier molecular flexibility index (Phi) is 5.24. The number of nitrogens with one attached hydrogen (secondary N) is 2. The van der Waals surface area contributed by atoms with E-state index in [1.165, 1.54) is 12.8 Å². The zero-order chi connectivity index (χ0) is 22.2. The third-order valence-electron chi connectivity index (χ3n) is 6.37. The van der Waals surface area contributed by atoms with Crippen LogP contribution in [-0.2, 0) is 13.6 Å². The maximum Gasteiger partial charge on any atom is 0.287 e. The highest BCUT2D eigenvalue weighted by molar-refractivity contribution is 6.06. The number of Topliss-reactive ketones (excluding diaryl/α,β-unsaturated/α-hetero) is 1. The largest absolute Gasteiger partial charge is 0.349 e. The minimum Gasteiger partial charge on any atom is -0.349 e. The van der Waals surface area contributed by atoms with Crippen molar-refractivity contribution in [3.05, 3.63) is 41.6 Å². The molecule has 1 fully saturated rings. The van der Waals surface area contributed by atoms with E-state index in [2.05, 4.69) is 20.6 Å². The first-order chi connectivity index (χ1) is 15.5. The standard InChI is InChI=1S/C23H26N6O3/c1-28-13-19(26-20(28)18(30)11-14-5-2-3-6-14)27-22(31)15-7-8-16-17(12-15)29-10-4-9-24-23(32)21(29)25-16/h7-8,12-14H,2-6,9-11H2,1H3,(H,24,32)(H,27,31). The first-order valence-corrected chi connectivity index (χ1v) is 11.2. The predicted molar refractivity (Wildman–Crippen MR) is 119 cm³/mol. The Hall–Kier alpha value is -3.49. The molecular weight excluding hydrogens is 408 g/mol. The monoisotopic (exact) mass is 434 g/mol. The van der Waals surface area contributed by atoms with E-state index in [9.17, 15) is 14.4 Å². The van der Waals surface area contributed by atoms with Gasteiger partial charge in [0.25, 0.3) is 11.8 Å². The fourth-order valence-corrected chi connectivity index (χ4v) is 4.72. The molecule has 0 spiro atoms. The van der Waals surface area contributed by atoms with Gasteiger partial charge in [0.15, 0.2) is 23.2 Å². The summed E-state index contributed by atoms with van der Waals surface area (Å²) >= 11 is 0. The van der Waals surface area contributed by atoms with Gasteiger partial charge < -0.3 is 19.8 Å². The smallest absolute Gasteiger partial charge is 0.287 e. The first-order valence-electron chi connectivity index (χ1n) is 11.2. The molecule has 2 amide bonds. The van der Waals surface area contributed by atoms with Crippen molar-refractivity contribution in [2.75, 3.05) is 11.9 Å². The molecule has 32 heavy (non-hydrogen) atoms. The van der Waals surface area contributed by atoms with Crippen LogP contribution in [0.15, 0.2) is 24.4 Å². The molecule has 0 saturated heterocycles. The number of benzene rings is 1. The van der Waals surface area contributed by atoms with E-state index in [0.29, 0.717) is 54.0 Å². The normalized spacial score (nSPS) is 16.6. The second-order valence-corrected chi connectivity index (χ2v) is 8.69. The number of nitrogens with zero attached hydrogens (tertiary/aromatic N) is 4. The Balaban J connectivity index is 1.35. The number of ketones is 1. The highest BCUT2D eigenvalue weighted by Gasteiger charge is 2.23. The summed E-state index contributed by atoms with van der Waals surface area (Å²) in [4.78, 5) is 46.6. The number of aromatic nitrogens is 4. The predicted octanol–water partition coefficient (Wildman–Crippen LogP) is 2.92. The number of anilines is 1. The fraction of sp³-hybridized carbons (Fsp3) is 0.435. The fourth-order valence-electron chi connectivity index (χ4n) is 4.72. The van der Waals surface area contributed by atoms with Crippen LogP contribution in [0.3, 0.4) is 0 Å². The van der Waals surface area contributed by atoms with Crippen molar-refractivity contribution in [3.8, 4) is 0 Å². The van der Waals surface area contributed by atoms with Crippen molar-refractivity contribution in [2.45, 2.75) is 45.1 Å². The summed E-state index contributed by atoms with van der Waals surface area (Å²) in [6, 6.07) is 5.17. The highest BCUT2D eigenvalue weighted by atomic mass is 16.2. The number of fused-ring (bicyclic) bond motifs is 3. The summed E-state index contributed by atoms with van der Waals surface area (Å²) in [6.45, 7) is 1.26. The number of carbonyl (C=O) groups is 3. The van der Waals surface area contributed by atoms with Gasteiger partial charge in [-0.25, -0.2) is 9.97 Å². The lowest BCUT2D eigenvalue weighted by molar-refractivity contribution is 0.0939. The number of carbonyl (C=O) groups excluding carboxylic acids is 3. The molecule has 3 aromatic rings. The number of hydrogen-bond donors (Lipinski definition) is 2. The zero-order valence-corrected chi connectivity index (χ0v) is 18.1. The van der Waals surface area contributed by atoms with Gasteiger partial charge in [-0.1, -0.05) is 25.7 Å². The summed E-state index contributed by atoms with van der Waals surface area (Å²) in [6.07, 6.45) is 7.55. The van der Waals surface area contributed by atoms with Gasteiger partial charge in [0.1, 0.15) is 0 Å². The number of imidazole rings is 2. The third-order valence-corrected chi connectivity index (χ3v) is 6.37. The topological polar surface area (TPSA) is 111 Å². The van der Waals surface area contributed by atoms with E-state index in [4.69, 9.17) is 0 Å². The van der Waals surface area contributed by atoms with E-state index in [0.717, 1.165) is 24.8 Å². The van der Waals surface area contributed by atoms with Crippen LogP contribution < -0.4 is 10.6 Å². The molecule has 2 N–H and O–H groups in total. The van der Waals surface area contributed by atoms with Gasteiger partial charge in [0, 0.05) is 38.3 Å². The second-order valence-electron chi connectivity index (χ2n) is 8.69. The van der Waals surface area contributed by atoms with Crippen LogP contribution in [-0.4, -0.2) is 43.2 Å². The van der Waals surface area contributed by atoms with Gasteiger partial charge in [-0.2, -0.15) is 0 Å². The van der Waals surface area contributed by atoms with Crippen LogP contribution in [0.1, 0.15) is 70.1 Å². The number of hydrogen-bond acceptors (Lipinski definition) is 5. The molecule has 9 heteroatoms. The molecule has 166 valence electrons. The molecule has 2 aromatic heterocycles. The summed E-state index contributed by atoms with van der Waals surface area (Å²) in [7, 11) is 1.77. The molecule has 1 aromatic carbocycles. The quantitative estimate of drug-likeness (QED) is 0.600. The van der Waals surface area contributed by atoms with E-state index < -0.39 is 0 Å². The van der Waals surface area contributed by atoms with E-state index in [-0.39, 0.29) is 17.6 Å². The van der Waals surface area contributed by atoms with Crippen molar-refractivity contribution >= 4 is 34.4 Å².